The molecule has 0 saturated heterocycles. The van der Waals surface area contributed by atoms with E-state index < -0.39 is 6.61 Å². The largest absolute Gasteiger partial charge is 0.388 e. The third-order valence-electron chi connectivity index (χ3n) is 6.82. The fourth-order valence-corrected chi connectivity index (χ4v) is 6.40. The molecule has 4 bridgehead atoms. The van der Waals surface area contributed by atoms with Crippen LogP contribution in [0.2, 0.25) is 0 Å². The maximum Gasteiger partial charge on any atom is 0.181 e. The monoisotopic (exact) mass is 353 g/mol. The third kappa shape index (κ3) is 3.94. The lowest BCUT2D eigenvalue weighted by Gasteiger charge is -2.57. The Hall–Kier alpha value is -1.45. The standard InChI is InChI=1S/C23H31NO2/c1-24(14-18-4-2-17(3-5-18)6-7-22(26)15-25)16-23-11-19-8-20(12-23)10-21(9-19)13-23/h2-7,19-21,25H,8-16H2,1H3/b7-6+. The van der Waals surface area contributed by atoms with Gasteiger partial charge in [-0.05, 0) is 85.9 Å². The number of aliphatic hydroxyl groups excluding tert-OH is 1. The Balaban J connectivity index is 1.34. The SMILES string of the molecule is CN(Cc1ccc(/C=C/C(=O)CO)cc1)CC12CC3CC(CC(C3)C1)C2. The van der Waals surface area contributed by atoms with Gasteiger partial charge in [-0.15, -0.1) is 0 Å². The molecule has 1 N–H and O–H groups in total. The van der Waals surface area contributed by atoms with E-state index in [0.29, 0.717) is 5.41 Å². The van der Waals surface area contributed by atoms with Gasteiger partial charge >= 0.3 is 0 Å². The van der Waals surface area contributed by atoms with Gasteiger partial charge < -0.3 is 10.0 Å². The lowest BCUT2D eigenvalue weighted by molar-refractivity contribution is -0.117. The van der Waals surface area contributed by atoms with Gasteiger partial charge in [-0.25, -0.2) is 0 Å². The Kier molecular flexibility index (Phi) is 5.02. The molecule has 0 aromatic heterocycles. The molecular weight excluding hydrogens is 322 g/mol. The molecule has 0 spiro atoms. The molecule has 0 aliphatic heterocycles. The average Bonchev–Trinajstić information content (AvgIpc) is 2.59. The fraction of sp³-hybridized carbons (Fsp3) is 0.609. The molecule has 1 aromatic carbocycles. The van der Waals surface area contributed by atoms with Crippen LogP contribution in [0.25, 0.3) is 6.08 Å². The van der Waals surface area contributed by atoms with Crippen molar-refractivity contribution in [3.05, 3.63) is 41.5 Å². The number of benzene rings is 1. The lowest BCUT2D eigenvalue weighted by atomic mass is 9.49. The summed E-state index contributed by atoms with van der Waals surface area (Å²) in [5, 5.41) is 8.77. The highest BCUT2D eigenvalue weighted by Crippen LogP contribution is 2.60. The molecule has 0 unspecified atom stereocenters. The minimum Gasteiger partial charge on any atom is -0.388 e. The van der Waals surface area contributed by atoms with E-state index in [9.17, 15) is 4.79 Å². The highest BCUT2D eigenvalue weighted by Gasteiger charge is 2.50. The van der Waals surface area contributed by atoms with E-state index in [1.165, 1.54) is 56.7 Å². The van der Waals surface area contributed by atoms with Gasteiger partial charge in [-0.1, -0.05) is 30.3 Å². The number of carbonyl (C=O) groups excluding carboxylic acids is 1. The molecule has 0 atom stereocenters. The van der Waals surface area contributed by atoms with E-state index >= 15 is 0 Å². The zero-order chi connectivity index (χ0) is 18.1. The number of rotatable bonds is 7. The minimum atomic E-state index is -0.427. The molecular formula is C23H31NO2. The van der Waals surface area contributed by atoms with Crippen molar-refractivity contribution in [2.24, 2.45) is 23.2 Å². The molecule has 1 aromatic rings. The average molecular weight is 354 g/mol. The summed E-state index contributed by atoms with van der Waals surface area (Å²) in [7, 11) is 2.27. The van der Waals surface area contributed by atoms with Crippen molar-refractivity contribution in [2.45, 2.75) is 45.1 Å². The Bertz CT molecular complexity index is 641. The van der Waals surface area contributed by atoms with Crippen molar-refractivity contribution in [2.75, 3.05) is 20.2 Å². The van der Waals surface area contributed by atoms with Gasteiger partial charge in [-0.2, -0.15) is 0 Å². The molecule has 4 aliphatic rings. The minimum absolute atomic E-state index is 0.260. The molecule has 4 aliphatic carbocycles. The number of hydrogen-bond acceptors (Lipinski definition) is 3. The molecule has 0 radical (unpaired) electrons. The van der Waals surface area contributed by atoms with Gasteiger partial charge in [-0.3, -0.25) is 4.79 Å². The molecule has 4 fully saturated rings. The smallest absolute Gasteiger partial charge is 0.181 e. The van der Waals surface area contributed by atoms with E-state index in [1.54, 1.807) is 6.08 Å². The maximum absolute atomic E-state index is 11.2. The van der Waals surface area contributed by atoms with Crippen LogP contribution in [0.3, 0.4) is 0 Å². The molecule has 26 heavy (non-hydrogen) atoms. The molecule has 4 saturated carbocycles. The van der Waals surface area contributed by atoms with Gasteiger partial charge in [0.25, 0.3) is 0 Å². The molecule has 5 rings (SSSR count). The topological polar surface area (TPSA) is 40.5 Å². The summed E-state index contributed by atoms with van der Waals surface area (Å²) in [5.41, 5.74) is 2.92. The summed E-state index contributed by atoms with van der Waals surface area (Å²) in [4.78, 5) is 13.7. The second-order valence-corrected chi connectivity index (χ2v) is 9.29. The summed E-state index contributed by atoms with van der Waals surface area (Å²) in [5.74, 6) is 2.79. The highest BCUT2D eigenvalue weighted by atomic mass is 16.3. The van der Waals surface area contributed by atoms with E-state index in [0.717, 1.165) is 29.9 Å². The van der Waals surface area contributed by atoms with Gasteiger partial charge in [0.1, 0.15) is 6.61 Å². The summed E-state index contributed by atoms with van der Waals surface area (Å²) < 4.78 is 0. The van der Waals surface area contributed by atoms with Crippen molar-refractivity contribution >= 4 is 11.9 Å². The van der Waals surface area contributed by atoms with Crippen LogP contribution in [-0.2, 0) is 11.3 Å². The van der Waals surface area contributed by atoms with E-state index in [2.05, 4.69) is 36.2 Å². The quantitative estimate of drug-likeness (QED) is 0.756. The van der Waals surface area contributed by atoms with Crippen LogP contribution in [0.15, 0.2) is 30.3 Å². The van der Waals surface area contributed by atoms with E-state index in [-0.39, 0.29) is 5.78 Å². The number of ketones is 1. The Morgan fingerprint density at radius 2 is 1.69 bits per heavy atom. The van der Waals surface area contributed by atoms with Crippen molar-refractivity contribution in [1.82, 2.24) is 4.90 Å². The zero-order valence-electron chi connectivity index (χ0n) is 15.9. The van der Waals surface area contributed by atoms with Crippen LogP contribution < -0.4 is 0 Å². The Labute approximate surface area is 157 Å². The zero-order valence-corrected chi connectivity index (χ0v) is 15.9. The number of carbonyl (C=O) groups is 1. The van der Waals surface area contributed by atoms with Crippen LogP contribution in [0.1, 0.15) is 49.7 Å². The highest BCUT2D eigenvalue weighted by molar-refractivity contribution is 5.94. The third-order valence-corrected chi connectivity index (χ3v) is 6.82. The van der Waals surface area contributed by atoms with Crippen LogP contribution >= 0.6 is 0 Å². The summed E-state index contributed by atoms with van der Waals surface area (Å²) in [6, 6.07) is 8.41. The molecule has 140 valence electrons. The summed E-state index contributed by atoms with van der Waals surface area (Å²) in [6.07, 6.45) is 12.1. The Morgan fingerprint density at radius 1 is 1.12 bits per heavy atom. The summed E-state index contributed by atoms with van der Waals surface area (Å²) in [6.45, 7) is 1.80. The van der Waals surface area contributed by atoms with Gasteiger partial charge in [0, 0.05) is 13.1 Å². The molecule has 3 heteroatoms. The summed E-state index contributed by atoms with van der Waals surface area (Å²) >= 11 is 0. The van der Waals surface area contributed by atoms with Crippen molar-refractivity contribution in [3.63, 3.8) is 0 Å². The second kappa shape index (κ2) is 7.28. The number of hydrogen-bond donors (Lipinski definition) is 1. The first-order valence-corrected chi connectivity index (χ1v) is 10.1. The predicted octanol–water partition coefficient (Wildman–Crippen LogP) is 3.91. The Morgan fingerprint density at radius 3 is 2.23 bits per heavy atom. The fourth-order valence-electron chi connectivity index (χ4n) is 6.40. The molecule has 3 nitrogen and oxygen atoms in total. The van der Waals surface area contributed by atoms with Crippen LogP contribution in [-0.4, -0.2) is 36.0 Å². The molecule has 0 amide bonds. The van der Waals surface area contributed by atoms with Gasteiger partial charge in [0.05, 0.1) is 0 Å². The first kappa shape index (κ1) is 17.9. The van der Waals surface area contributed by atoms with Crippen molar-refractivity contribution < 1.29 is 9.90 Å². The first-order chi connectivity index (χ1) is 12.5. The van der Waals surface area contributed by atoms with E-state index in [1.807, 2.05) is 0 Å². The van der Waals surface area contributed by atoms with Crippen LogP contribution in [0.4, 0.5) is 0 Å². The first-order valence-electron chi connectivity index (χ1n) is 10.1. The number of nitrogens with zero attached hydrogens (tertiary/aromatic N) is 1. The van der Waals surface area contributed by atoms with Gasteiger partial charge in [0.2, 0.25) is 0 Å². The lowest BCUT2D eigenvalue weighted by Crippen LogP contribution is -2.50. The van der Waals surface area contributed by atoms with E-state index in [4.69, 9.17) is 5.11 Å². The predicted molar refractivity (Wildman–Crippen MR) is 105 cm³/mol. The normalized spacial score (nSPS) is 32.7. The maximum atomic E-state index is 11.2. The molecule has 0 heterocycles. The van der Waals surface area contributed by atoms with Crippen molar-refractivity contribution in [3.8, 4) is 0 Å². The second-order valence-electron chi connectivity index (χ2n) is 9.29. The van der Waals surface area contributed by atoms with Gasteiger partial charge in [0.15, 0.2) is 5.78 Å². The number of aliphatic hydroxyl groups is 1. The van der Waals surface area contributed by atoms with Crippen molar-refractivity contribution in [1.29, 1.82) is 0 Å². The van der Waals surface area contributed by atoms with Crippen LogP contribution in [0, 0.1) is 23.2 Å². The van der Waals surface area contributed by atoms with Crippen LogP contribution in [0.5, 0.6) is 0 Å².